The number of fused-ring (bicyclic) bond motifs is 1. The van der Waals surface area contributed by atoms with Crippen molar-refractivity contribution in [1.29, 1.82) is 0 Å². The van der Waals surface area contributed by atoms with Gasteiger partial charge in [-0.3, -0.25) is 13.9 Å². The fourth-order valence-electron chi connectivity index (χ4n) is 2.29. The van der Waals surface area contributed by atoms with Crippen molar-refractivity contribution in [1.82, 2.24) is 0 Å². The third kappa shape index (κ3) is 3.04. The van der Waals surface area contributed by atoms with Gasteiger partial charge in [-0.15, -0.1) is 10.6 Å². The van der Waals surface area contributed by atoms with E-state index in [9.17, 15) is 18.3 Å². The summed E-state index contributed by atoms with van der Waals surface area (Å²) in [6.07, 6.45) is 1.69. The van der Waals surface area contributed by atoms with Gasteiger partial charge in [-0.05, 0) is 41.5 Å². The molecule has 0 radical (unpaired) electrons. The van der Waals surface area contributed by atoms with E-state index < -0.39 is 10.6 Å². The average Bonchev–Trinajstić information content (AvgIpc) is 2.74. The van der Waals surface area contributed by atoms with Crippen LogP contribution in [0.15, 0.2) is 52.8 Å². The molecule has 4 nitrogen and oxygen atoms in total. The quantitative estimate of drug-likeness (QED) is 0.797. The van der Waals surface area contributed by atoms with Gasteiger partial charge in [0, 0.05) is 11.1 Å². The van der Waals surface area contributed by atoms with Gasteiger partial charge in [0.15, 0.2) is 0 Å². The van der Waals surface area contributed by atoms with Gasteiger partial charge >= 0.3 is 0 Å². The number of hydrogen-bond donors (Lipinski definition) is 3. The normalized spacial score (nSPS) is 16.1. The maximum absolute atomic E-state index is 13.1. The second kappa shape index (κ2) is 5.57. The van der Waals surface area contributed by atoms with Gasteiger partial charge in [-0.25, -0.2) is 4.39 Å². The van der Waals surface area contributed by atoms with Crippen LogP contribution in [0.5, 0.6) is 0 Å². The van der Waals surface area contributed by atoms with E-state index >= 15 is 0 Å². The topological polar surface area (TPSA) is 69.6 Å². The Bertz CT molecular complexity index is 774. The highest BCUT2D eigenvalue weighted by atomic mass is 32.3. The zero-order valence-electron chi connectivity index (χ0n) is 11.5. The molecule has 0 atom stereocenters. The molecule has 0 aromatic heterocycles. The van der Waals surface area contributed by atoms with Crippen LogP contribution in [-0.4, -0.2) is 15.0 Å². The van der Waals surface area contributed by atoms with Crippen LogP contribution in [0.4, 0.5) is 10.1 Å². The van der Waals surface area contributed by atoms with Gasteiger partial charge in [0.05, 0.1) is 11.3 Å². The highest BCUT2D eigenvalue weighted by Crippen LogP contribution is 2.56. The first-order valence-corrected chi connectivity index (χ1v) is 8.20. The number of amides is 1. The van der Waals surface area contributed by atoms with Crippen molar-refractivity contribution in [3.63, 3.8) is 0 Å². The van der Waals surface area contributed by atoms with E-state index in [4.69, 9.17) is 0 Å². The summed E-state index contributed by atoms with van der Waals surface area (Å²) in [7, 11) is -2.91. The molecule has 0 aliphatic carbocycles. The zero-order chi connectivity index (χ0) is 15.7. The zero-order valence-corrected chi connectivity index (χ0v) is 12.3. The van der Waals surface area contributed by atoms with Crippen LogP contribution >= 0.6 is 10.6 Å². The van der Waals surface area contributed by atoms with Crippen LogP contribution in [0.2, 0.25) is 0 Å². The Labute approximate surface area is 128 Å². The molecule has 0 unspecified atom stereocenters. The van der Waals surface area contributed by atoms with Crippen molar-refractivity contribution >= 4 is 28.3 Å². The van der Waals surface area contributed by atoms with E-state index in [1.54, 1.807) is 36.4 Å². The second-order valence-corrected chi connectivity index (χ2v) is 6.90. The van der Waals surface area contributed by atoms with Crippen LogP contribution in [0.25, 0.3) is 6.08 Å². The predicted molar refractivity (Wildman–Crippen MR) is 85.3 cm³/mol. The minimum absolute atomic E-state index is 0.0450. The summed E-state index contributed by atoms with van der Waals surface area (Å²) in [5.41, 5.74) is 1.77. The van der Waals surface area contributed by atoms with Crippen LogP contribution < -0.4 is 5.32 Å². The Morgan fingerprint density at radius 1 is 1.18 bits per heavy atom. The highest BCUT2D eigenvalue weighted by molar-refractivity contribution is 8.27. The molecule has 6 heteroatoms. The molecule has 1 aliphatic heterocycles. The van der Waals surface area contributed by atoms with Crippen molar-refractivity contribution < 1.29 is 18.3 Å². The molecular formula is C16H14FNO3S. The smallest absolute Gasteiger partial charge is 0.228 e. The maximum Gasteiger partial charge on any atom is 0.228 e. The SMILES string of the molecule is O=C(Cc1cccc(F)c1)Nc1ccc2c(c1)S(O)(O)C=C2. The Morgan fingerprint density at radius 2 is 2.00 bits per heavy atom. The van der Waals surface area contributed by atoms with Gasteiger partial charge in [0.25, 0.3) is 0 Å². The van der Waals surface area contributed by atoms with Crippen molar-refractivity contribution in [2.75, 3.05) is 5.32 Å². The third-order valence-electron chi connectivity index (χ3n) is 3.31. The van der Waals surface area contributed by atoms with E-state index in [0.717, 1.165) is 5.56 Å². The lowest BCUT2D eigenvalue weighted by molar-refractivity contribution is -0.115. The molecule has 1 heterocycles. The predicted octanol–water partition coefficient (Wildman–Crippen LogP) is 4.10. The summed E-state index contributed by atoms with van der Waals surface area (Å²) in [6, 6.07) is 10.8. The largest absolute Gasteiger partial charge is 0.326 e. The first-order valence-electron chi connectivity index (χ1n) is 6.59. The summed E-state index contributed by atoms with van der Waals surface area (Å²) in [6.45, 7) is 0. The summed E-state index contributed by atoms with van der Waals surface area (Å²) in [4.78, 5) is 12.4. The average molecular weight is 319 g/mol. The Kier molecular flexibility index (Phi) is 3.74. The lowest BCUT2D eigenvalue weighted by atomic mass is 10.1. The van der Waals surface area contributed by atoms with E-state index in [0.29, 0.717) is 16.1 Å². The van der Waals surface area contributed by atoms with Crippen molar-refractivity contribution in [2.45, 2.75) is 11.3 Å². The van der Waals surface area contributed by atoms with Gasteiger partial charge in [0.2, 0.25) is 5.91 Å². The van der Waals surface area contributed by atoms with E-state index in [2.05, 4.69) is 5.32 Å². The van der Waals surface area contributed by atoms with Crippen LogP contribution in [0.3, 0.4) is 0 Å². The van der Waals surface area contributed by atoms with E-state index in [-0.39, 0.29) is 18.1 Å². The molecule has 114 valence electrons. The second-order valence-electron chi connectivity index (χ2n) is 5.00. The Balaban J connectivity index is 1.73. The van der Waals surface area contributed by atoms with Gasteiger partial charge in [-0.2, -0.15) is 0 Å². The number of halogens is 1. The number of nitrogens with one attached hydrogen (secondary N) is 1. The summed E-state index contributed by atoms with van der Waals surface area (Å²) >= 11 is 0. The van der Waals surface area contributed by atoms with Gasteiger partial charge in [0.1, 0.15) is 5.82 Å². The van der Waals surface area contributed by atoms with Crippen molar-refractivity contribution in [3.05, 3.63) is 64.8 Å². The molecule has 2 aromatic rings. The highest BCUT2D eigenvalue weighted by Gasteiger charge is 2.21. The van der Waals surface area contributed by atoms with Crippen LogP contribution in [0.1, 0.15) is 11.1 Å². The third-order valence-corrected chi connectivity index (χ3v) is 4.83. The van der Waals surface area contributed by atoms with Crippen LogP contribution in [0, 0.1) is 5.82 Å². The molecule has 0 saturated carbocycles. The number of hydrogen-bond acceptors (Lipinski definition) is 3. The maximum atomic E-state index is 13.1. The molecule has 0 saturated heterocycles. The molecule has 3 N–H and O–H groups in total. The van der Waals surface area contributed by atoms with Crippen molar-refractivity contribution in [3.8, 4) is 0 Å². The number of carbonyl (C=O) groups is 1. The molecule has 0 fully saturated rings. The van der Waals surface area contributed by atoms with E-state index in [1.807, 2.05) is 0 Å². The molecular weight excluding hydrogens is 305 g/mol. The van der Waals surface area contributed by atoms with Gasteiger partial charge < -0.3 is 5.32 Å². The lowest BCUT2D eigenvalue weighted by Gasteiger charge is -2.25. The minimum Gasteiger partial charge on any atom is -0.326 e. The minimum atomic E-state index is -2.91. The number of rotatable bonds is 3. The first-order chi connectivity index (χ1) is 10.4. The summed E-state index contributed by atoms with van der Waals surface area (Å²) in [5, 5.41) is 4.04. The van der Waals surface area contributed by atoms with E-state index in [1.165, 1.54) is 17.5 Å². The molecule has 0 bridgehead atoms. The fourth-order valence-corrected chi connectivity index (χ4v) is 3.56. The molecule has 1 amide bonds. The molecule has 2 aromatic carbocycles. The molecule has 1 aliphatic rings. The monoisotopic (exact) mass is 319 g/mol. The standard InChI is InChI=1S/C16H14FNO3S/c17-13-3-1-2-11(8-13)9-16(19)18-14-5-4-12-6-7-22(20,21)15(12)10-14/h1-8,10,20-21H,9H2,(H,18,19). The fraction of sp³-hybridized carbons (Fsp3) is 0.0625. The number of carbonyl (C=O) groups excluding carboxylic acids is 1. The lowest BCUT2D eigenvalue weighted by Crippen LogP contribution is -2.14. The molecule has 22 heavy (non-hydrogen) atoms. The first kappa shape index (κ1) is 14.8. The van der Waals surface area contributed by atoms with Crippen molar-refractivity contribution in [2.24, 2.45) is 0 Å². The Hall–Kier alpha value is -2.15. The van der Waals surface area contributed by atoms with Gasteiger partial charge in [-0.1, -0.05) is 18.2 Å². The number of anilines is 1. The summed E-state index contributed by atoms with van der Waals surface area (Å²) in [5.74, 6) is -0.684. The van der Waals surface area contributed by atoms with Crippen LogP contribution in [-0.2, 0) is 11.2 Å². The Morgan fingerprint density at radius 3 is 2.77 bits per heavy atom. The molecule has 0 spiro atoms. The molecule has 3 rings (SSSR count). The summed E-state index contributed by atoms with van der Waals surface area (Å²) < 4.78 is 32.8. The number of benzene rings is 2.